The Bertz CT molecular complexity index is 337. The van der Waals surface area contributed by atoms with Crippen molar-refractivity contribution in [2.24, 2.45) is 5.73 Å². The molecule has 0 aromatic heterocycles. The van der Waals surface area contributed by atoms with E-state index in [-0.39, 0.29) is 6.04 Å². The Morgan fingerprint density at radius 3 is 2.29 bits per heavy atom. The number of benzene rings is 1. The first-order valence-electron chi connectivity index (χ1n) is 6.44. The van der Waals surface area contributed by atoms with Crippen LogP contribution in [0, 0.1) is 20.8 Å². The van der Waals surface area contributed by atoms with Crippen LogP contribution in [0.5, 0.6) is 0 Å². The van der Waals surface area contributed by atoms with Gasteiger partial charge >= 0.3 is 0 Å². The normalized spacial score (nSPS) is 12.8. The van der Waals surface area contributed by atoms with E-state index in [1.54, 1.807) is 0 Å². The van der Waals surface area contributed by atoms with Gasteiger partial charge in [0.05, 0.1) is 0 Å². The maximum atomic E-state index is 6.20. The van der Waals surface area contributed by atoms with Crippen LogP contribution in [-0.2, 0) is 6.42 Å². The molecule has 96 valence electrons. The fourth-order valence-corrected chi connectivity index (χ4v) is 3.11. The predicted molar refractivity (Wildman–Crippen MR) is 79.9 cm³/mol. The molecule has 0 saturated carbocycles. The van der Waals surface area contributed by atoms with Crippen molar-refractivity contribution in [2.45, 2.75) is 46.6 Å². The standard InChI is InChI=1S/C15H25NS/c1-5-6-17-10-14(16)9-15-12(3)7-11(2)8-13(15)4/h7-8,14H,5-6,9-10,16H2,1-4H3. The molecule has 0 amide bonds. The van der Waals surface area contributed by atoms with Crippen LogP contribution in [0.3, 0.4) is 0 Å². The van der Waals surface area contributed by atoms with Crippen LogP contribution in [0.1, 0.15) is 35.6 Å². The zero-order valence-corrected chi connectivity index (χ0v) is 12.4. The van der Waals surface area contributed by atoms with E-state index in [4.69, 9.17) is 5.73 Å². The summed E-state index contributed by atoms with van der Waals surface area (Å²) in [6.45, 7) is 8.76. The molecule has 2 N–H and O–H groups in total. The summed E-state index contributed by atoms with van der Waals surface area (Å²) in [5, 5.41) is 0. The maximum Gasteiger partial charge on any atom is 0.0171 e. The van der Waals surface area contributed by atoms with Gasteiger partial charge in [-0.3, -0.25) is 0 Å². The lowest BCUT2D eigenvalue weighted by atomic mass is 9.95. The molecule has 0 fully saturated rings. The Balaban J connectivity index is 2.61. The fourth-order valence-electron chi connectivity index (χ4n) is 2.23. The summed E-state index contributed by atoms with van der Waals surface area (Å²) >= 11 is 1.97. The summed E-state index contributed by atoms with van der Waals surface area (Å²) in [5.41, 5.74) is 11.8. The molecule has 0 bridgehead atoms. The smallest absolute Gasteiger partial charge is 0.0171 e. The minimum absolute atomic E-state index is 0.284. The van der Waals surface area contributed by atoms with Gasteiger partial charge in [0, 0.05) is 11.8 Å². The Labute approximate surface area is 110 Å². The van der Waals surface area contributed by atoms with Crippen molar-refractivity contribution in [2.75, 3.05) is 11.5 Å². The molecule has 1 aromatic rings. The number of thioether (sulfide) groups is 1. The van der Waals surface area contributed by atoms with Gasteiger partial charge in [-0.25, -0.2) is 0 Å². The summed E-state index contributed by atoms with van der Waals surface area (Å²) in [7, 11) is 0. The van der Waals surface area contributed by atoms with E-state index in [0.29, 0.717) is 0 Å². The monoisotopic (exact) mass is 251 g/mol. The summed E-state index contributed by atoms with van der Waals surface area (Å²) in [5.74, 6) is 2.29. The largest absolute Gasteiger partial charge is 0.327 e. The predicted octanol–water partition coefficient (Wildman–Crippen LogP) is 3.62. The quantitative estimate of drug-likeness (QED) is 0.781. The first kappa shape index (κ1) is 14.6. The van der Waals surface area contributed by atoms with Gasteiger partial charge in [0.25, 0.3) is 0 Å². The summed E-state index contributed by atoms with van der Waals surface area (Å²) < 4.78 is 0. The third kappa shape index (κ3) is 4.72. The SMILES string of the molecule is CCCSCC(N)Cc1c(C)cc(C)cc1C. The van der Waals surface area contributed by atoms with Crippen molar-refractivity contribution in [3.8, 4) is 0 Å². The summed E-state index contributed by atoms with van der Waals surface area (Å²) in [6.07, 6.45) is 2.24. The summed E-state index contributed by atoms with van der Waals surface area (Å²) in [6, 6.07) is 4.80. The minimum atomic E-state index is 0.284. The van der Waals surface area contributed by atoms with Crippen LogP contribution in [0.4, 0.5) is 0 Å². The van der Waals surface area contributed by atoms with Crippen molar-refractivity contribution in [3.05, 3.63) is 34.4 Å². The van der Waals surface area contributed by atoms with Gasteiger partial charge in [-0.15, -0.1) is 0 Å². The van der Waals surface area contributed by atoms with Gasteiger partial charge < -0.3 is 5.73 Å². The molecule has 0 aliphatic heterocycles. The molecular weight excluding hydrogens is 226 g/mol. The highest BCUT2D eigenvalue weighted by atomic mass is 32.2. The molecule has 1 rings (SSSR count). The van der Waals surface area contributed by atoms with Crippen LogP contribution < -0.4 is 5.73 Å². The molecule has 1 unspecified atom stereocenters. The molecule has 2 heteroatoms. The molecule has 0 spiro atoms. The number of hydrogen-bond acceptors (Lipinski definition) is 2. The molecule has 0 radical (unpaired) electrons. The van der Waals surface area contributed by atoms with Crippen LogP contribution in [0.25, 0.3) is 0 Å². The molecule has 0 aliphatic carbocycles. The van der Waals surface area contributed by atoms with Gasteiger partial charge in [0.15, 0.2) is 0 Å². The first-order chi connectivity index (χ1) is 8.04. The lowest BCUT2D eigenvalue weighted by Gasteiger charge is -2.16. The Hall–Kier alpha value is -0.470. The summed E-state index contributed by atoms with van der Waals surface area (Å²) in [4.78, 5) is 0. The van der Waals surface area contributed by atoms with Crippen LogP contribution >= 0.6 is 11.8 Å². The third-order valence-corrected chi connectivity index (χ3v) is 4.35. The van der Waals surface area contributed by atoms with Crippen LogP contribution in [-0.4, -0.2) is 17.5 Å². The topological polar surface area (TPSA) is 26.0 Å². The lowest BCUT2D eigenvalue weighted by molar-refractivity contribution is 0.741. The van der Waals surface area contributed by atoms with Gasteiger partial charge in [-0.1, -0.05) is 24.6 Å². The average Bonchev–Trinajstić information content (AvgIpc) is 2.24. The maximum absolute atomic E-state index is 6.20. The van der Waals surface area contributed by atoms with Gasteiger partial charge in [-0.05, 0) is 56.1 Å². The molecule has 0 aliphatic rings. The molecule has 0 heterocycles. The molecule has 17 heavy (non-hydrogen) atoms. The van der Waals surface area contributed by atoms with E-state index in [1.165, 1.54) is 34.4 Å². The Morgan fingerprint density at radius 1 is 1.18 bits per heavy atom. The molecule has 1 nitrogen and oxygen atoms in total. The van der Waals surface area contributed by atoms with E-state index >= 15 is 0 Å². The first-order valence-corrected chi connectivity index (χ1v) is 7.60. The van der Waals surface area contributed by atoms with Crippen molar-refractivity contribution in [3.63, 3.8) is 0 Å². The molecular formula is C15H25NS. The van der Waals surface area contributed by atoms with Crippen LogP contribution in [0.15, 0.2) is 12.1 Å². The average molecular weight is 251 g/mol. The van der Waals surface area contributed by atoms with Crippen molar-refractivity contribution < 1.29 is 0 Å². The zero-order chi connectivity index (χ0) is 12.8. The van der Waals surface area contributed by atoms with Crippen molar-refractivity contribution >= 4 is 11.8 Å². The zero-order valence-electron chi connectivity index (χ0n) is 11.5. The number of nitrogens with two attached hydrogens (primary N) is 1. The highest BCUT2D eigenvalue weighted by molar-refractivity contribution is 7.99. The fraction of sp³-hybridized carbons (Fsp3) is 0.600. The van der Waals surface area contributed by atoms with E-state index in [1.807, 2.05) is 11.8 Å². The Kier molecular flexibility index (Phi) is 6.07. The lowest BCUT2D eigenvalue weighted by Crippen LogP contribution is -2.26. The van der Waals surface area contributed by atoms with Gasteiger partial charge in [0.2, 0.25) is 0 Å². The van der Waals surface area contributed by atoms with E-state index in [2.05, 4.69) is 39.8 Å². The van der Waals surface area contributed by atoms with Crippen LogP contribution in [0.2, 0.25) is 0 Å². The molecule has 1 aromatic carbocycles. The van der Waals surface area contributed by atoms with Gasteiger partial charge in [-0.2, -0.15) is 11.8 Å². The molecule has 0 saturated heterocycles. The Morgan fingerprint density at radius 2 is 1.76 bits per heavy atom. The highest BCUT2D eigenvalue weighted by Gasteiger charge is 2.09. The number of rotatable bonds is 6. The van der Waals surface area contributed by atoms with Crippen molar-refractivity contribution in [1.29, 1.82) is 0 Å². The minimum Gasteiger partial charge on any atom is -0.327 e. The van der Waals surface area contributed by atoms with Gasteiger partial charge in [0.1, 0.15) is 0 Å². The number of aryl methyl sites for hydroxylation is 3. The van der Waals surface area contributed by atoms with E-state index in [0.717, 1.165) is 12.2 Å². The van der Waals surface area contributed by atoms with E-state index in [9.17, 15) is 0 Å². The van der Waals surface area contributed by atoms with E-state index < -0.39 is 0 Å². The van der Waals surface area contributed by atoms with Crippen molar-refractivity contribution in [1.82, 2.24) is 0 Å². The third-order valence-electron chi connectivity index (χ3n) is 2.99. The second-order valence-corrected chi connectivity index (χ2v) is 6.07. The highest BCUT2D eigenvalue weighted by Crippen LogP contribution is 2.18. The number of hydrogen-bond donors (Lipinski definition) is 1. The molecule has 1 atom stereocenters. The second-order valence-electron chi connectivity index (χ2n) is 4.92. The second kappa shape index (κ2) is 7.07.